The van der Waals surface area contributed by atoms with Gasteiger partial charge in [0.05, 0.1) is 12.6 Å². The summed E-state index contributed by atoms with van der Waals surface area (Å²) < 4.78 is 5.39. The molecule has 0 heterocycles. The number of hydrogen-bond donors (Lipinski definition) is 2. The first-order valence-electron chi connectivity index (χ1n) is 6.27. The number of nitrogens with one attached hydrogen (secondary N) is 2. The number of hydrogen-bond acceptors (Lipinski definition) is 4. The summed E-state index contributed by atoms with van der Waals surface area (Å²) in [6.45, 7) is 7.63. The molecule has 0 saturated heterocycles. The van der Waals surface area contributed by atoms with E-state index in [4.69, 9.17) is 4.74 Å². The van der Waals surface area contributed by atoms with Crippen LogP contribution in [-0.4, -0.2) is 63.8 Å². The van der Waals surface area contributed by atoms with Gasteiger partial charge < -0.3 is 15.4 Å². The number of carbonyl (C=O) groups is 1. The molecule has 0 aromatic heterocycles. The predicted molar refractivity (Wildman–Crippen MR) is 70.1 cm³/mol. The molecular formula is C12H27N3O2. The number of nitrogens with zero attached hydrogens (tertiary/aromatic N) is 1. The minimum atomic E-state index is 0.0770. The maximum absolute atomic E-state index is 11.5. The highest BCUT2D eigenvalue weighted by atomic mass is 16.5. The van der Waals surface area contributed by atoms with Crippen LogP contribution in [0.1, 0.15) is 20.3 Å². The monoisotopic (exact) mass is 245 g/mol. The van der Waals surface area contributed by atoms with E-state index in [1.165, 1.54) is 0 Å². The summed E-state index contributed by atoms with van der Waals surface area (Å²) in [5, 5.41) is 5.94. The maximum atomic E-state index is 11.5. The Morgan fingerprint density at radius 2 is 2.06 bits per heavy atom. The standard InChI is InChI=1S/C12H27N3O2/c1-11(2)17-9-5-6-14-12(16)10-15(4)8-7-13-3/h11,13H,5-10H2,1-4H3,(H,14,16). The smallest absolute Gasteiger partial charge is 0.234 e. The molecule has 0 radical (unpaired) electrons. The van der Waals surface area contributed by atoms with Crippen molar-refractivity contribution < 1.29 is 9.53 Å². The van der Waals surface area contributed by atoms with Crippen molar-refractivity contribution in [2.75, 3.05) is 46.9 Å². The number of carbonyl (C=O) groups excluding carboxylic acids is 1. The van der Waals surface area contributed by atoms with Crippen molar-refractivity contribution in [3.8, 4) is 0 Å². The molecular weight excluding hydrogens is 218 g/mol. The topological polar surface area (TPSA) is 53.6 Å². The predicted octanol–water partition coefficient (Wildman–Crippen LogP) is 0.0689. The molecule has 0 spiro atoms. The molecule has 0 fully saturated rings. The molecule has 0 aromatic carbocycles. The van der Waals surface area contributed by atoms with Crippen LogP contribution in [0.2, 0.25) is 0 Å². The largest absolute Gasteiger partial charge is 0.379 e. The second-order valence-electron chi connectivity index (χ2n) is 4.46. The first kappa shape index (κ1) is 16.4. The van der Waals surface area contributed by atoms with Crippen LogP contribution in [0.3, 0.4) is 0 Å². The third-order valence-electron chi connectivity index (χ3n) is 2.25. The van der Waals surface area contributed by atoms with E-state index >= 15 is 0 Å². The van der Waals surface area contributed by atoms with E-state index in [0.717, 1.165) is 19.5 Å². The Kier molecular flexibility index (Phi) is 10.1. The lowest BCUT2D eigenvalue weighted by atomic mass is 10.4. The molecule has 5 heteroatoms. The third kappa shape index (κ3) is 11.6. The summed E-state index contributed by atoms with van der Waals surface area (Å²) in [6, 6.07) is 0. The summed E-state index contributed by atoms with van der Waals surface area (Å²) in [5.41, 5.74) is 0. The highest BCUT2D eigenvalue weighted by molar-refractivity contribution is 5.77. The SMILES string of the molecule is CNCCN(C)CC(=O)NCCCOC(C)C. The van der Waals surface area contributed by atoms with Crippen LogP contribution in [0, 0.1) is 0 Å². The summed E-state index contributed by atoms with van der Waals surface area (Å²) in [6.07, 6.45) is 1.13. The van der Waals surface area contributed by atoms with Gasteiger partial charge in [0.1, 0.15) is 0 Å². The van der Waals surface area contributed by atoms with E-state index < -0.39 is 0 Å². The quantitative estimate of drug-likeness (QED) is 0.535. The molecule has 0 aromatic rings. The zero-order valence-electron chi connectivity index (χ0n) is 11.6. The average molecular weight is 245 g/mol. The molecule has 0 aliphatic carbocycles. The van der Waals surface area contributed by atoms with Crippen molar-refractivity contribution in [3.05, 3.63) is 0 Å². The van der Waals surface area contributed by atoms with Gasteiger partial charge in [0.15, 0.2) is 0 Å². The van der Waals surface area contributed by atoms with Crippen LogP contribution < -0.4 is 10.6 Å². The Hall–Kier alpha value is -0.650. The van der Waals surface area contributed by atoms with Crippen molar-refractivity contribution in [2.24, 2.45) is 0 Å². The van der Waals surface area contributed by atoms with E-state index in [0.29, 0.717) is 19.7 Å². The van der Waals surface area contributed by atoms with Gasteiger partial charge >= 0.3 is 0 Å². The molecule has 0 bridgehead atoms. The highest BCUT2D eigenvalue weighted by Crippen LogP contribution is 1.89. The molecule has 0 aliphatic heterocycles. The van der Waals surface area contributed by atoms with Gasteiger partial charge in [0.25, 0.3) is 0 Å². The van der Waals surface area contributed by atoms with E-state index in [-0.39, 0.29) is 12.0 Å². The summed E-state index contributed by atoms with van der Waals surface area (Å²) in [5.74, 6) is 0.0770. The lowest BCUT2D eigenvalue weighted by Crippen LogP contribution is -2.38. The minimum Gasteiger partial charge on any atom is -0.379 e. The van der Waals surface area contributed by atoms with E-state index in [2.05, 4.69) is 10.6 Å². The lowest BCUT2D eigenvalue weighted by molar-refractivity contribution is -0.121. The molecule has 0 atom stereocenters. The number of amides is 1. The fraction of sp³-hybridized carbons (Fsp3) is 0.917. The third-order valence-corrected chi connectivity index (χ3v) is 2.25. The van der Waals surface area contributed by atoms with Gasteiger partial charge in [-0.15, -0.1) is 0 Å². The van der Waals surface area contributed by atoms with Gasteiger partial charge in [-0.1, -0.05) is 0 Å². The van der Waals surface area contributed by atoms with Crippen LogP contribution in [-0.2, 0) is 9.53 Å². The van der Waals surface area contributed by atoms with E-state index in [1.54, 1.807) is 0 Å². The molecule has 0 unspecified atom stereocenters. The fourth-order valence-corrected chi connectivity index (χ4v) is 1.30. The van der Waals surface area contributed by atoms with Gasteiger partial charge in [-0.25, -0.2) is 0 Å². The summed E-state index contributed by atoms with van der Waals surface area (Å²) >= 11 is 0. The van der Waals surface area contributed by atoms with E-state index in [1.807, 2.05) is 32.8 Å². The first-order valence-corrected chi connectivity index (χ1v) is 6.27. The highest BCUT2D eigenvalue weighted by Gasteiger charge is 2.04. The van der Waals surface area contributed by atoms with Crippen molar-refractivity contribution in [1.82, 2.24) is 15.5 Å². The van der Waals surface area contributed by atoms with Crippen molar-refractivity contribution in [1.29, 1.82) is 0 Å². The second-order valence-corrected chi connectivity index (χ2v) is 4.46. The maximum Gasteiger partial charge on any atom is 0.234 e. The Morgan fingerprint density at radius 1 is 1.35 bits per heavy atom. The van der Waals surface area contributed by atoms with Gasteiger partial charge in [0.2, 0.25) is 5.91 Å². The first-order chi connectivity index (χ1) is 8.06. The Morgan fingerprint density at radius 3 is 2.65 bits per heavy atom. The zero-order chi connectivity index (χ0) is 13.1. The number of ether oxygens (including phenoxy) is 1. The van der Waals surface area contributed by atoms with E-state index in [9.17, 15) is 4.79 Å². The molecule has 0 saturated carbocycles. The molecule has 102 valence electrons. The van der Waals surface area contributed by atoms with Crippen LogP contribution in [0.25, 0.3) is 0 Å². The molecule has 0 aliphatic rings. The van der Waals surface area contributed by atoms with Gasteiger partial charge in [0, 0.05) is 26.2 Å². The minimum absolute atomic E-state index is 0.0770. The van der Waals surface area contributed by atoms with Crippen molar-refractivity contribution in [2.45, 2.75) is 26.4 Å². The van der Waals surface area contributed by atoms with Gasteiger partial charge in [-0.2, -0.15) is 0 Å². The lowest BCUT2D eigenvalue weighted by Gasteiger charge is -2.15. The summed E-state index contributed by atoms with van der Waals surface area (Å²) in [7, 11) is 3.85. The number of likely N-dealkylation sites (N-methyl/N-ethyl adjacent to an activating group) is 2. The average Bonchev–Trinajstić information content (AvgIpc) is 2.25. The van der Waals surface area contributed by atoms with Crippen molar-refractivity contribution in [3.63, 3.8) is 0 Å². The Labute approximate surface area is 105 Å². The van der Waals surface area contributed by atoms with Crippen LogP contribution >= 0.6 is 0 Å². The van der Waals surface area contributed by atoms with Crippen LogP contribution in [0.15, 0.2) is 0 Å². The molecule has 5 nitrogen and oxygen atoms in total. The molecule has 2 N–H and O–H groups in total. The Bertz CT molecular complexity index is 198. The fourth-order valence-electron chi connectivity index (χ4n) is 1.30. The number of rotatable bonds is 10. The van der Waals surface area contributed by atoms with Gasteiger partial charge in [-0.3, -0.25) is 9.69 Å². The molecule has 17 heavy (non-hydrogen) atoms. The van der Waals surface area contributed by atoms with Gasteiger partial charge in [-0.05, 0) is 34.4 Å². The normalized spacial score (nSPS) is 11.2. The zero-order valence-corrected chi connectivity index (χ0v) is 11.6. The Balaban J connectivity index is 3.39. The van der Waals surface area contributed by atoms with Crippen LogP contribution in [0.5, 0.6) is 0 Å². The summed E-state index contributed by atoms with van der Waals surface area (Å²) in [4.78, 5) is 13.5. The molecule has 1 amide bonds. The second kappa shape index (κ2) is 10.5. The molecule has 0 rings (SSSR count). The van der Waals surface area contributed by atoms with Crippen molar-refractivity contribution >= 4 is 5.91 Å². The van der Waals surface area contributed by atoms with Crippen LogP contribution in [0.4, 0.5) is 0 Å².